The number of piperidine rings is 1. The highest BCUT2D eigenvalue weighted by atomic mass is 16.2. The number of nitrogens with zero attached hydrogens (tertiary/aromatic N) is 1. The molecule has 0 spiro atoms. The van der Waals surface area contributed by atoms with E-state index in [0.717, 1.165) is 37.4 Å². The van der Waals surface area contributed by atoms with Gasteiger partial charge in [0.2, 0.25) is 0 Å². The summed E-state index contributed by atoms with van der Waals surface area (Å²) < 4.78 is 0. The summed E-state index contributed by atoms with van der Waals surface area (Å²) in [6, 6.07) is 8.31. The van der Waals surface area contributed by atoms with Gasteiger partial charge < -0.3 is 15.5 Å². The molecule has 4 heteroatoms. The molecule has 0 aromatic heterocycles. The molecule has 0 aliphatic carbocycles. The average Bonchev–Trinajstić information content (AvgIpc) is 2.49. The van der Waals surface area contributed by atoms with E-state index in [1.54, 1.807) is 0 Å². The maximum Gasteiger partial charge on any atom is 0.253 e. The predicted molar refractivity (Wildman–Crippen MR) is 83.2 cm³/mol. The lowest BCUT2D eigenvalue weighted by Crippen LogP contribution is -2.38. The molecule has 110 valence electrons. The SMILES string of the molecule is CCN(CC)C(=O)c1cccc(NC2CCCNC2)c1. The van der Waals surface area contributed by atoms with Gasteiger partial charge in [-0.3, -0.25) is 4.79 Å². The highest BCUT2D eigenvalue weighted by Gasteiger charge is 2.15. The van der Waals surface area contributed by atoms with Crippen molar-refractivity contribution in [1.82, 2.24) is 10.2 Å². The second kappa shape index (κ2) is 7.29. The third-order valence-corrected chi connectivity index (χ3v) is 3.83. The molecule has 2 N–H and O–H groups in total. The van der Waals surface area contributed by atoms with Crippen LogP contribution in [0.25, 0.3) is 0 Å². The first-order chi connectivity index (χ1) is 9.74. The van der Waals surface area contributed by atoms with Crippen molar-refractivity contribution in [3.05, 3.63) is 29.8 Å². The van der Waals surface area contributed by atoms with E-state index in [2.05, 4.69) is 10.6 Å². The molecule has 1 heterocycles. The lowest BCUT2D eigenvalue weighted by atomic mass is 10.1. The van der Waals surface area contributed by atoms with Crippen molar-refractivity contribution in [2.24, 2.45) is 0 Å². The Morgan fingerprint density at radius 3 is 2.85 bits per heavy atom. The first kappa shape index (κ1) is 14.9. The highest BCUT2D eigenvalue weighted by Crippen LogP contribution is 2.16. The fraction of sp³-hybridized carbons (Fsp3) is 0.562. The van der Waals surface area contributed by atoms with Crippen LogP contribution >= 0.6 is 0 Å². The van der Waals surface area contributed by atoms with Crippen molar-refractivity contribution < 1.29 is 4.79 Å². The number of hydrogen-bond donors (Lipinski definition) is 2. The lowest BCUT2D eigenvalue weighted by molar-refractivity contribution is 0.0773. The molecule has 1 unspecified atom stereocenters. The van der Waals surface area contributed by atoms with E-state index in [4.69, 9.17) is 0 Å². The zero-order chi connectivity index (χ0) is 14.4. The van der Waals surface area contributed by atoms with Crippen LogP contribution in [-0.4, -0.2) is 43.0 Å². The summed E-state index contributed by atoms with van der Waals surface area (Å²) in [4.78, 5) is 14.2. The Labute approximate surface area is 121 Å². The highest BCUT2D eigenvalue weighted by molar-refractivity contribution is 5.95. The van der Waals surface area contributed by atoms with Gasteiger partial charge in [-0.15, -0.1) is 0 Å². The van der Waals surface area contributed by atoms with Gasteiger partial charge >= 0.3 is 0 Å². The number of carbonyl (C=O) groups is 1. The molecular formula is C16H25N3O. The standard InChI is InChI=1S/C16H25N3O/c1-3-19(4-2)16(20)13-7-5-8-14(11-13)18-15-9-6-10-17-12-15/h5,7-8,11,15,17-18H,3-4,6,9-10,12H2,1-2H3. The normalized spacial score (nSPS) is 18.6. The molecule has 1 atom stereocenters. The minimum atomic E-state index is 0.111. The smallest absolute Gasteiger partial charge is 0.253 e. The average molecular weight is 275 g/mol. The van der Waals surface area contributed by atoms with Crippen molar-refractivity contribution >= 4 is 11.6 Å². The van der Waals surface area contributed by atoms with Gasteiger partial charge in [-0.05, 0) is 51.4 Å². The van der Waals surface area contributed by atoms with Crippen LogP contribution in [-0.2, 0) is 0 Å². The zero-order valence-electron chi connectivity index (χ0n) is 12.5. The maximum absolute atomic E-state index is 12.3. The number of benzene rings is 1. The first-order valence-electron chi connectivity index (χ1n) is 7.61. The van der Waals surface area contributed by atoms with Crippen molar-refractivity contribution in [3.8, 4) is 0 Å². The van der Waals surface area contributed by atoms with E-state index in [1.807, 2.05) is 43.0 Å². The van der Waals surface area contributed by atoms with Gasteiger partial charge in [0.1, 0.15) is 0 Å². The van der Waals surface area contributed by atoms with E-state index >= 15 is 0 Å². The third-order valence-electron chi connectivity index (χ3n) is 3.83. The molecule has 20 heavy (non-hydrogen) atoms. The number of nitrogens with one attached hydrogen (secondary N) is 2. The monoisotopic (exact) mass is 275 g/mol. The van der Waals surface area contributed by atoms with Gasteiger partial charge in [-0.1, -0.05) is 6.07 Å². The van der Waals surface area contributed by atoms with E-state index in [9.17, 15) is 4.79 Å². The minimum absolute atomic E-state index is 0.111. The summed E-state index contributed by atoms with van der Waals surface area (Å²) in [5.41, 5.74) is 1.80. The number of rotatable bonds is 5. The Morgan fingerprint density at radius 1 is 1.40 bits per heavy atom. The molecule has 2 rings (SSSR count). The van der Waals surface area contributed by atoms with E-state index in [-0.39, 0.29) is 5.91 Å². The van der Waals surface area contributed by atoms with E-state index < -0.39 is 0 Å². The molecule has 1 fully saturated rings. The summed E-state index contributed by atoms with van der Waals surface area (Å²) >= 11 is 0. The Morgan fingerprint density at radius 2 is 2.20 bits per heavy atom. The minimum Gasteiger partial charge on any atom is -0.381 e. The van der Waals surface area contributed by atoms with Crippen molar-refractivity contribution in [3.63, 3.8) is 0 Å². The van der Waals surface area contributed by atoms with Crippen LogP contribution in [0.1, 0.15) is 37.0 Å². The van der Waals surface area contributed by atoms with Crippen LogP contribution in [0.5, 0.6) is 0 Å². The molecule has 1 saturated heterocycles. The number of carbonyl (C=O) groups excluding carboxylic acids is 1. The van der Waals surface area contributed by atoms with Gasteiger partial charge in [0.05, 0.1) is 0 Å². The van der Waals surface area contributed by atoms with Gasteiger partial charge in [-0.2, -0.15) is 0 Å². The molecule has 0 bridgehead atoms. The Balaban J connectivity index is 2.05. The molecule has 4 nitrogen and oxygen atoms in total. The second-order valence-corrected chi connectivity index (χ2v) is 5.25. The van der Waals surface area contributed by atoms with Crippen LogP contribution in [0.4, 0.5) is 5.69 Å². The molecule has 1 aliphatic heterocycles. The number of hydrogen-bond acceptors (Lipinski definition) is 3. The summed E-state index contributed by atoms with van der Waals surface area (Å²) in [5.74, 6) is 0.111. The van der Waals surface area contributed by atoms with Crippen LogP contribution in [0.3, 0.4) is 0 Å². The molecule has 1 aliphatic rings. The molecule has 1 aromatic carbocycles. The number of amides is 1. The van der Waals surface area contributed by atoms with Crippen LogP contribution < -0.4 is 10.6 Å². The molecule has 1 amide bonds. The van der Waals surface area contributed by atoms with Crippen molar-refractivity contribution in [1.29, 1.82) is 0 Å². The summed E-state index contributed by atoms with van der Waals surface area (Å²) in [5, 5.41) is 6.91. The fourth-order valence-electron chi connectivity index (χ4n) is 2.65. The summed E-state index contributed by atoms with van der Waals surface area (Å²) in [6.45, 7) is 7.63. The lowest BCUT2D eigenvalue weighted by Gasteiger charge is -2.25. The number of anilines is 1. The van der Waals surface area contributed by atoms with Gasteiger partial charge in [0, 0.05) is 36.9 Å². The van der Waals surface area contributed by atoms with Gasteiger partial charge in [0.15, 0.2) is 0 Å². The molecular weight excluding hydrogens is 250 g/mol. The zero-order valence-corrected chi connectivity index (χ0v) is 12.5. The topological polar surface area (TPSA) is 44.4 Å². The van der Waals surface area contributed by atoms with Crippen LogP contribution in [0, 0.1) is 0 Å². The Bertz CT molecular complexity index is 437. The fourth-order valence-corrected chi connectivity index (χ4v) is 2.65. The molecule has 0 radical (unpaired) electrons. The molecule has 0 saturated carbocycles. The Hall–Kier alpha value is -1.55. The maximum atomic E-state index is 12.3. The Kier molecular flexibility index (Phi) is 5.41. The van der Waals surface area contributed by atoms with E-state index in [0.29, 0.717) is 6.04 Å². The third kappa shape index (κ3) is 3.73. The largest absolute Gasteiger partial charge is 0.381 e. The van der Waals surface area contributed by atoms with Crippen LogP contribution in [0.2, 0.25) is 0 Å². The predicted octanol–water partition coefficient (Wildman–Crippen LogP) is 2.33. The molecule has 1 aromatic rings. The van der Waals surface area contributed by atoms with Crippen molar-refractivity contribution in [2.45, 2.75) is 32.7 Å². The quantitative estimate of drug-likeness (QED) is 0.867. The summed E-state index contributed by atoms with van der Waals surface area (Å²) in [6.07, 6.45) is 2.39. The van der Waals surface area contributed by atoms with Gasteiger partial charge in [-0.25, -0.2) is 0 Å². The second-order valence-electron chi connectivity index (χ2n) is 5.25. The van der Waals surface area contributed by atoms with E-state index in [1.165, 1.54) is 12.8 Å². The summed E-state index contributed by atoms with van der Waals surface area (Å²) in [7, 11) is 0. The van der Waals surface area contributed by atoms with Gasteiger partial charge in [0.25, 0.3) is 5.91 Å². The van der Waals surface area contributed by atoms with Crippen molar-refractivity contribution in [2.75, 3.05) is 31.5 Å². The van der Waals surface area contributed by atoms with Crippen LogP contribution in [0.15, 0.2) is 24.3 Å². The first-order valence-corrected chi connectivity index (χ1v) is 7.61.